The second-order valence-corrected chi connectivity index (χ2v) is 4.20. The molecule has 0 radical (unpaired) electrons. The summed E-state index contributed by atoms with van der Waals surface area (Å²) < 4.78 is 0. The SMILES string of the molecule is CCCCCCCCCC(C#N)CCl. The second kappa shape index (κ2) is 10.9. The predicted octanol–water partition coefficient (Wildman–Crippen LogP) is 4.51. The number of alkyl halides is 1. The molecule has 0 heterocycles. The molecule has 0 bridgehead atoms. The molecule has 0 fully saturated rings. The number of rotatable bonds is 9. The smallest absolute Gasteiger partial charge is 0.0668 e. The van der Waals surface area contributed by atoms with Crippen molar-refractivity contribution in [1.29, 1.82) is 5.26 Å². The monoisotopic (exact) mass is 215 g/mol. The number of unbranched alkanes of at least 4 members (excludes halogenated alkanes) is 6. The lowest BCUT2D eigenvalue weighted by atomic mass is 10.0. The molecule has 0 rings (SSSR count). The summed E-state index contributed by atoms with van der Waals surface area (Å²) in [6.07, 6.45) is 10.1. The molecule has 82 valence electrons. The third-order valence-electron chi connectivity index (χ3n) is 2.52. The Morgan fingerprint density at radius 3 is 2.14 bits per heavy atom. The third kappa shape index (κ3) is 8.38. The standard InChI is InChI=1S/C12H22ClN/c1-2-3-4-5-6-7-8-9-12(10-13)11-14/h12H,2-10H2,1H3. The average molecular weight is 216 g/mol. The molecule has 0 aliphatic carbocycles. The van der Waals surface area contributed by atoms with E-state index in [1.807, 2.05) is 0 Å². The summed E-state index contributed by atoms with van der Waals surface area (Å²) in [5.74, 6) is 0.569. The largest absolute Gasteiger partial charge is 0.198 e. The first-order chi connectivity index (χ1) is 6.85. The minimum absolute atomic E-state index is 0.0762. The van der Waals surface area contributed by atoms with Gasteiger partial charge in [-0.2, -0.15) is 5.26 Å². The highest BCUT2D eigenvalue weighted by Gasteiger charge is 2.03. The minimum atomic E-state index is 0.0762. The van der Waals surface area contributed by atoms with E-state index in [-0.39, 0.29) is 5.92 Å². The van der Waals surface area contributed by atoms with Gasteiger partial charge in [-0.3, -0.25) is 0 Å². The second-order valence-electron chi connectivity index (χ2n) is 3.89. The van der Waals surface area contributed by atoms with E-state index in [4.69, 9.17) is 16.9 Å². The molecule has 1 nitrogen and oxygen atoms in total. The normalized spacial score (nSPS) is 12.4. The molecular weight excluding hydrogens is 194 g/mol. The number of hydrogen-bond donors (Lipinski definition) is 0. The lowest BCUT2D eigenvalue weighted by Crippen LogP contribution is -1.97. The van der Waals surface area contributed by atoms with Gasteiger partial charge in [0.2, 0.25) is 0 Å². The molecule has 1 unspecified atom stereocenters. The topological polar surface area (TPSA) is 23.8 Å². The summed E-state index contributed by atoms with van der Waals surface area (Å²) in [5.41, 5.74) is 0. The van der Waals surface area contributed by atoms with Gasteiger partial charge in [-0.25, -0.2) is 0 Å². The molecule has 0 amide bonds. The van der Waals surface area contributed by atoms with Crippen LogP contribution in [0, 0.1) is 17.2 Å². The fourth-order valence-electron chi connectivity index (χ4n) is 1.52. The van der Waals surface area contributed by atoms with Gasteiger partial charge in [-0.05, 0) is 6.42 Å². The fourth-order valence-corrected chi connectivity index (χ4v) is 1.75. The van der Waals surface area contributed by atoms with Crippen LogP contribution < -0.4 is 0 Å². The van der Waals surface area contributed by atoms with Gasteiger partial charge in [0, 0.05) is 5.88 Å². The van der Waals surface area contributed by atoms with Crippen LogP contribution >= 0.6 is 11.6 Å². The summed E-state index contributed by atoms with van der Waals surface area (Å²) in [7, 11) is 0. The molecule has 2 heteroatoms. The lowest BCUT2D eigenvalue weighted by Gasteiger charge is -2.04. The van der Waals surface area contributed by atoms with E-state index in [1.54, 1.807) is 0 Å². The summed E-state index contributed by atoms with van der Waals surface area (Å²) >= 11 is 5.63. The van der Waals surface area contributed by atoms with Crippen LogP contribution in [0.25, 0.3) is 0 Å². The molecule has 0 aliphatic rings. The van der Waals surface area contributed by atoms with Gasteiger partial charge in [0.25, 0.3) is 0 Å². The Hall–Kier alpha value is -0.220. The van der Waals surface area contributed by atoms with Crippen molar-refractivity contribution in [2.45, 2.75) is 58.3 Å². The zero-order valence-corrected chi connectivity index (χ0v) is 10.0. The number of nitriles is 1. The van der Waals surface area contributed by atoms with Gasteiger partial charge in [-0.1, -0.05) is 51.9 Å². The van der Waals surface area contributed by atoms with Crippen molar-refractivity contribution in [2.24, 2.45) is 5.92 Å². The molecule has 0 spiro atoms. The summed E-state index contributed by atoms with van der Waals surface area (Å²) in [6.45, 7) is 2.23. The molecule has 0 aromatic rings. The zero-order valence-electron chi connectivity index (χ0n) is 9.27. The van der Waals surface area contributed by atoms with Gasteiger partial charge in [0.05, 0.1) is 12.0 Å². The molecule has 0 aromatic heterocycles. The van der Waals surface area contributed by atoms with E-state index < -0.39 is 0 Å². The Kier molecular flexibility index (Phi) is 10.7. The first-order valence-electron chi connectivity index (χ1n) is 5.80. The van der Waals surface area contributed by atoms with E-state index in [2.05, 4.69) is 13.0 Å². The molecular formula is C12H22ClN. The molecule has 0 aromatic carbocycles. The molecule has 0 saturated heterocycles. The molecule has 0 N–H and O–H groups in total. The van der Waals surface area contributed by atoms with Gasteiger partial charge in [-0.15, -0.1) is 11.6 Å². The van der Waals surface area contributed by atoms with Crippen LogP contribution in [0.3, 0.4) is 0 Å². The Balaban J connectivity index is 3.09. The summed E-state index contributed by atoms with van der Waals surface area (Å²) in [4.78, 5) is 0. The highest BCUT2D eigenvalue weighted by Crippen LogP contribution is 2.13. The number of hydrogen-bond acceptors (Lipinski definition) is 1. The molecule has 14 heavy (non-hydrogen) atoms. The fraction of sp³-hybridized carbons (Fsp3) is 0.917. The Bertz CT molecular complexity index is 151. The van der Waals surface area contributed by atoms with Crippen molar-refractivity contribution in [1.82, 2.24) is 0 Å². The van der Waals surface area contributed by atoms with Gasteiger partial charge in [0.1, 0.15) is 0 Å². The quantitative estimate of drug-likeness (QED) is 0.410. The Morgan fingerprint density at radius 1 is 1.07 bits per heavy atom. The molecule has 0 saturated carbocycles. The zero-order chi connectivity index (χ0) is 10.6. The van der Waals surface area contributed by atoms with Crippen LogP contribution in [-0.4, -0.2) is 5.88 Å². The van der Waals surface area contributed by atoms with E-state index in [0.717, 1.165) is 12.8 Å². The third-order valence-corrected chi connectivity index (χ3v) is 2.90. The maximum Gasteiger partial charge on any atom is 0.0668 e. The minimum Gasteiger partial charge on any atom is -0.198 e. The van der Waals surface area contributed by atoms with Gasteiger partial charge >= 0.3 is 0 Å². The van der Waals surface area contributed by atoms with Crippen molar-refractivity contribution < 1.29 is 0 Å². The van der Waals surface area contributed by atoms with Crippen LogP contribution in [0.2, 0.25) is 0 Å². The first kappa shape index (κ1) is 13.8. The molecule has 0 aliphatic heterocycles. The van der Waals surface area contributed by atoms with E-state index in [0.29, 0.717) is 5.88 Å². The van der Waals surface area contributed by atoms with Crippen LogP contribution in [0.4, 0.5) is 0 Å². The van der Waals surface area contributed by atoms with Crippen LogP contribution in [0.5, 0.6) is 0 Å². The highest BCUT2D eigenvalue weighted by atomic mass is 35.5. The van der Waals surface area contributed by atoms with Crippen LogP contribution in [0.1, 0.15) is 58.3 Å². The van der Waals surface area contributed by atoms with Gasteiger partial charge in [0.15, 0.2) is 0 Å². The summed E-state index contributed by atoms with van der Waals surface area (Å²) in [5, 5.41) is 8.66. The van der Waals surface area contributed by atoms with Crippen molar-refractivity contribution in [3.05, 3.63) is 0 Å². The Labute approximate surface area is 93.4 Å². The first-order valence-corrected chi connectivity index (χ1v) is 6.34. The highest BCUT2D eigenvalue weighted by molar-refractivity contribution is 6.18. The predicted molar refractivity (Wildman–Crippen MR) is 62.4 cm³/mol. The van der Waals surface area contributed by atoms with Gasteiger partial charge < -0.3 is 0 Å². The van der Waals surface area contributed by atoms with E-state index in [1.165, 1.54) is 38.5 Å². The van der Waals surface area contributed by atoms with Crippen molar-refractivity contribution >= 4 is 11.6 Å². The Morgan fingerprint density at radius 2 is 1.64 bits per heavy atom. The maximum absolute atomic E-state index is 8.66. The van der Waals surface area contributed by atoms with E-state index >= 15 is 0 Å². The van der Waals surface area contributed by atoms with Crippen molar-refractivity contribution in [2.75, 3.05) is 5.88 Å². The molecule has 1 atom stereocenters. The van der Waals surface area contributed by atoms with Crippen LogP contribution in [-0.2, 0) is 0 Å². The van der Waals surface area contributed by atoms with Crippen molar-refractivity contribution in [3.8, 4) is 6.07 Å². The number of nitrogens with zero attached hydrogens (tertiary/aromatic N) is 1. The number of halogens is 1. The van der Waals surface area contributed by atoms with E-state index in [9.17, 15) is 0 Å². The van der Waals surface area contributed by atoms with Crippen LogP contribution in [0.15, 0.2) is 0 Å². The maximum atomic E-state index is 8.66. The lowest BCUT2D eigenvalue weighted by molar-refractivity contribution is 0.544. The van der Waals surface area contributed by atoms with Crippen molar-refractivity contribution in [3.63, 3.8) is 0 Å². The average Bonchev–Trinajstić information content (AvgIpc) is 2.22. The summed E-state index contributed by atoms with van der Waals surface area (Å²) in [6, 6.07) is 2.23.